The van der Waals surface area contributed by atoms with E-state index in [0.29, 0.717) is 12.0 Å². The molecule has 0 saturated heterocycles. The molecule has 0 amide bonds. The van der Waals surface area contributed by atoms with Gasteiger partial charge in [0.15, 0.2) is 0 Å². The Morgan fingerprint density at radius 3 is 2.89 bits per heavy atom. The van der Waals surface area contributed by atoms with Gasteiger partial charge in [-0.25, -0.2) is 0 Å². The molecule has 4 N–H and O–H groups in total. The van der Waals surface area contributed by atoms with Gasteiger partial charge in [0.1, 0.15) is 11.6 Å². The lowest BCUT2D eigenvalue weighted by molar-refractivity contribution is 0.473. The van der Waals surface area contributed by atoms with Crippen LogP contribution in [0, 0.1) is 0 Å². The van der Waals surface area contributed by atoms with Crippen LogP contribution in [0.4, 0.5) is 17.6 Å². The SMILES string of the molecule is CCNc1cc(NC2CCCC(SC)C2)nc(N)n1. The first-order valence-corrected chi connectivity index (χ1v) is 8.17. The van der Waals surface area contributed by atoms with Crippen LogP contribution in [0.2, 0.25) is 0 Å². The Morgan fingerprint density at radius 1 is 1.37 bits per heavy atom. The molecule has 1 fully saturated rings. The zero-order chi connectivity index (χ0) is 13.7. The number of rotatable bonds is 5. The average molecular weight is 281 g/mol. The monoisotopic (exact) mass is 281 g/mol. The number of thioether (sulfide) groups is 1. The van der Waals surface area contributed by atoms with Gasteiger partial charge in [-0.05, 0) is 32.4 Å². The second-order valence-corrected chi connectivity index (χ2v) is 6.03. The maximum Gasteiger partial charge on any atom is 0.223 e. The molecule has 1 aliphatic rings. The molecule has 1 heterocycles. The second kappa shape index (κ2) is 6.84. The lowest BCUT2D eigenvalue weighted by atomic mass is 9.95. The number of nitrogens with zero attached hydrogens (tertiary/aromatic N) is 2. The number of anilines is 3. The van der Waals surface area contributed by atoms with Gasteiger partial charge in [-0.1, -0.05) is 6.42 Å². The molecule has 0 bridgehead atoms. The van der Waals surface area contributed by atoms with Gasteiger partial charge in [0.2, 0.25) is 5.95 Å². The number of nitrogens with one attached hydrogen (secondary N) is 2. The zero-order valence-corrected chi connectivity index (χ0v) is 12.5. The second-order valence-electron chi connectivity index (χ2n) is 4.89. The summed E-state index contributed by atoms with van der Waals surface area (Å²) in [6.07, 6.45) is 7.20. The first-order chi connectivity index (χ1) is 9.21. The fourth-order valence-electron chi connectivity index (χ4n) is 2.51. The highest BCUT2D eigenvalue weighted by Gasteiger charge is 2.21. The van der Waals surface area contributed by atoms with Crippen molar-refractivity contribution in [3.8, 4) is 0 Å². The molecule has 1 aromatic rings. The third-order valence-corrected chi connectivity index (χ3v) is 4.51. The van der Waals surface area contributed by atoms with Crippen molar-refractivity contribution in [1.82, 2.24) is 9.97 Å². The van der Waals surface area contributed by atoms with Crippen molar-refractivity contribution in [2.75, 3.05) is 29.2 Å². The molecule has 1 saturated carbocycles. The molecule has 0 aliphatic heterocycles. The minimum Gasteiger partial charge on any atom is -0.370 e. The van der Waals surface area contributed by atoms with E-state index in [1.807, 2.05) is 24.8 Å². The molecule has 1 aromatic heterocycles. The molecule has 1 aliphatic carbocycles. The summed E-state index contributed by atoms with van der Waals surface area (Å²) in [4.78, 5) is 8.43. The van der Waals surface area contributed by atoms with E-state index in [1.165, 1.54) is 25.7 Å². The number of hydrogen-bond acceptors (Lipinski definition) is 6. The molecule has 0 aromatic carbocycles. The molecular weight excluding hydrogens is 258 g/mol. The van der Waals surface area contributed by atoms with Gasteiger partial charge in [0.25, 0.3) is 0 Å². The Kier molecular flexibility index (Phi) is 5.13. The van der Waals surface area contributed by atoms with Gasteiger partial charge in [-0.2, -0.15) is 21.7 Å². The topological polar surface area (TPSA) is 75.9 Å². The van der Waals surface area contributed by atoms with Crippen molar-refractivity contribution in [3.05, 3.63) is 6.07 Å². The molecule has 2 unspecified atom stereocenters. The standard InChI is InChI=1S/C13H23N5S/c1-3-15-11-8-12(18-13(14)17-11)16-9-5-4-6-10(7-9)19-2/h8-10H,3-7H2,1-2H3,(H4,14,15,16,17,18). The minimum absolute atomic E-state index is 0.318. The Balaban J connectivity index is 2.01. The third kappa shape index (κ3) is 4.16. The molecule has 0 radical (unpaired) electrons. The Bertz CT molecular complexity index is 412. The van der Waals surface area contributed by atoms with Crippen molar-refractivity contribution >= 4 is 29.3 Å². The summed E-state index contributed by atoms with van der Waals surface area (Å²) in [7, 11) is 0. The van der Waals surface area contributed by atoms with Gasteiger partial charge in [-0.3, -0.25) is 0 Å². The van der Waals surface area contributed by atoms with E-state index < -0.39 is 0 Å². The Hall–Kier alpha value is -1.17. The van der Waals surface area contributed by atoms with Crippen molar-refractivity contribution in [2.24, 2.45) is 0 Å². The molecule has 0 spiro atoms. The average Bonchev–Trinajstić information content (AvgIpc) is 2.38. The minimum atomic E-state index is 0.318. The number of nitrogen functional groups attached to an aromatic ring is 1. The summed E-state index contributed by atoms with van der Waals surface area (Å²) in [6, 6.07) is 2.43. The molecule has 2 rings (SSSR count). The normalized spacial score (nSPS) is 23.1. The summed E-state index contributed by atoms with van der Waals surface area (Å²) in [5, 5.41) is 7.43. The van der Waals surface area contributed by atoms with E-state index in [1.54, 1.807) is 0 Å². The first-order valence-electron chi connectivity index (χ1n) is 6.89. The maximum absolute atomic E-state index is 5.74. The van der Waals surface area contributed by atoms with Crippen LogP contribution >= 0.6 is 11.8 Å². The summed E-state index contributed by atoms with van der Waals surface area (Å²) >= 11 is 1.96. The van der Waals surface area contributed by atoms with E-state index in [-0.39, 0.29) is 0 Å². The van der Waals surface area contributed by atoms with Crippen LogP contribution in [-0.2, 0) is 0 Å². The molecule has 2 atom stereocenters. The summed E-state index contributed by atoms with van der Waals surface area (Å²) in [5.74, 6) is 1.93. The van der Waals surface area contributed by atoms with Gasteiger partial charge < -0.3 is 16.4 Å². The van der Waals surface area contributed by atoms with E-state index in [9.17, 15) is 0 Å². The fourth-order valence-corrected chi connectivity index (χ4v) is 3.34. The van der Waals surface area contributed by atoms with Crippen LogP contribution in [-0.4, -0.2) is 34.1 Å². The van der Waals surface area contributed by atoms with Crippen molar-refractivity contribution in [2.45, 2.75) is 43.9 Å². The molecule has 5 nitrogen and oxygen atoms in total. The third-order valence-electron chi connectivity index (χ3n) is 3.41. The van der Waals surface area contributed by atoms with Crippen LogP contribution in [0.3, 0.4) is 0 Å². The Labute approximate surface area is 119 Å². The number of hydrogen-bond donors (Lipinski definition) is 3. The van der Waals surface area contributed by atoms with Crippen LogP contribution < -0.4 is 16.4 Å². The van der Waals surface area contributed by atoms with Crippen molar-refractivity contribution in [3.63, 3.8) is 0 Å². The van der Waals surface area contributed by atoms with Gasteiger partial charge in [-0.15, -0.1) is 0 Å². The van der Waals surface area contributed by atoms with Gasteiger partial charge in [0, 0.05) is 23.9 Å². The summed E-state index contributed by atoms with van der Waals surface area (Å²) in [6.45, 7) is 2.86. The number of aromatic nitrogens is 2. The highest BCUT2D eigenvalue weighted by molar-refractivity contribution is 7.99. The van der Waals surface area contributed by atoms with Crippen molar-refractivity contribution in [1.29, 1.82) is 0 Å². The van der Waals surface area contributed by atoms with Crippen LogP contribution in [0.15, 0.2) is 6.07 Å². The van der Waals surface area contributed by atoms with E-state index in [2.05, 4.69) is 26.9 Å². The van der Waals surface area contributed by atoms with Crippen LogP contribution in [0.5, 0.6) is 0 Å². The molecule has 6 heteroatoms. The fraction of sp³-hybridized carbons (Fsp3) is 0.692. The van der Waals surface area contributed by atoms with E-state index >= 15 is 0 Å². The summed E-state index contributed by atoms with van der Waals surface area (Å²) < 4.78 is 0. The molecule has 19 heavy (non-hydrogen) atoms. The smallest absolute Gasteiger partial charge is 0.223 e. The lowest BCUT2D eigenvalue weighted by Gasteiger charge is -2.29. The van der Waals surface area contributed by atoms with E-state index in [4.69, 9.17) is 5.73 Å². The van der Waals surface area contributed by atoms with Gasteiger partial charge >= 0.3 is 0 Å². The quantitative estimate of drug-likeness (QED) is 0.770. The summed E-state index contributed by atoms with van der Waals surface area (Å²) in [5.41, 5.74) is 5.74. The molecule has 106 valence electrons. The predicted octanol–water partition coefficient (Wildman–Crippen LogP) is 2.58. The van der Waals surface area contributed by atoms with Crippen molar-refractivity contribution < 1.29 is 0 Å². The van der Waals surface area contributed by atoms with Crippen LogP contribution in [0.25, 0.3) is 0 Å². The highest BCUT2D eigenvalue weighted by atomic mass is 32.2. The maximum atomic E-state index is 5.74. The van der Waals surface area contributed by atoms with Gasteiger partial charge in [0.05, 0.1) is 0 Å². The molecular formula is C13H23N5S. The largest absolute Gasteiger partial charge is 0.370 e. The Morgan fingerprint density at radius 2 is 2.16 bits per heavy atom. The zero-order valence-electron chi connectivity index (χ0n) is 11.6. The first kappa shape index (κ1) is 14.2. The highest BCUT2D eigenvalue weighted by Crippen LogP contribution is 2.28. The van der Waals surface area contributed by atoms with E-state index in [0.717, 1.165) is 23.4 Å². The predicted molar refractivity (Wildman–Crippen MR) is 83.8 cm³/mol. The lowest BCUT2D eigenvalue weighted by Crippen LogP contribution is -2.29. The van der Waals surface area contributed by atoms with Crippen LogP contribution in [0.1, 0.15) is 32.6 Å². The number of nitrogens with two attached hydrogens (primary N) is 1.